The molecule has 21 heavy (non-hydrogen) atoms. The predicted octanol–water partition coefficient (Wildman–Crippen LogP) is 1.76. The summed E-state index contributed by atoms with van der Waals surface area (Å²) in [6.07, 6.45) is 1.66. The Morgan fingerprint density at radius 3 is 2.67 bits per heavy atom. The Morgan fingerprint density at radius 2 is 2.00 bits per heavy atom. The van der Waals surface area contributed by atoms with E-state index in [1.807, 2.05) is 19.9 Å². The van der Waals surface area contributed by atoms with Crippen molar-refractivity contribution in [1.82, 2.24) is 10.6 Å². The molecule has 5 nitrogen and oxygen atoms in total. The van der Waals surface area contributed by atoms with E-state index >= 15 is 0 Å². The van der Waals surface area contributed by atoms with E-state index in [0.29, 0.717) is 17.8 Å². The van der Waals surface area contributed by atoms with E-state index < -0.39 is 0 Å². The average molecular weight is 289 g/mol. The monoisotopic (exact) mass is 289 g/mol. The molecule has 0 saturated carbocycles. The molecule has 1 fully saturated rings. The third-order valence-electron chi connectivity index (χ3n) is 3.98. The van der Waals surface area contributed by atoms with Gasteiger partial charge >= 0.3 is 0 Å². The van der Waals surface area contributed by atoms with E-state index in [-0.39, 0.29) is 17.2 Å². The van der Waals surface area contributed by atoms with Gasteiger partial charge in [-0.2, -0.15) is 0 Å². The molecule has 0 radical (unpaired) electrons. The van der Waals surface area contributed by atoms with E-state index in [4.69, 9.17) is 0 Å². The highest BCUT2D eigenvalue weighted by Crippen LogP contribution is 2.29. The summed E-state index contributed by atoms with van der Waals surface area (Å²) in [5, 5.41) is 8.96. The summed E-state index contributed by atoms with van der Waals surface area (Å²) in [6, 6.07) is 7.05. The van der Waals surface area contributed by atoms with Gasteiger partial charge < -0.3 is 16.0 Å². The van der Waals surface area contributed by atoms with Crippen LogP contribution in [0.4, 0.5) is 5.69 Å². The standard InChI is InChI=1S/C16H23N3O2/c1-3-18-14(20)12-5-4-6-13(11-12)19-15(21)16(2)7-9-17-10-8-16/h4-6,11,17H,3,7-10H2,1-2H3,(H,18,20)(H,19,21). The summed E-state index contributed by atoms with van der Waals surface area (Å²) in [4.78, 5) is 24.3. The Kier molecular flexibility index (Phi) is 4.96. The Balaban J connectivity index is 2.07. The van der Waals surface area contributed by atoms with Crippen LogP contribution in [-0.2, 0) is 4.79 Å². The maximum atomic E-state index is 12.5. The molecule has 114 valence electrons. The van der Waals surface area contributed by atoms with Crippen molar-refractivity contribution in [1.29, 1.82) is 0 Å². The fourth-order valence-corrected chi connectivity index (χ4v) is 2.49. The summed E-state index contributed by atoms with van der Waals surface area (Å²) in [7, 11) is 0. The lowest BCUT2D eigenvalue weighted by Crippen LogP contribution is -2.42. The number of piperidine rings is 1. The lowest BCUT2D eigenvalue weighted by molar-refractivity contribution is -0.126. The van der Waals surface area contributed by atoms with Gasteiger partial charge in [0.2, 0.25) is 5.91 Å². The van der Waals surface area contributed by atoms with Gasteiger partial charge in [0.25, 0.3) is 5.91 Å². The minimum Gasteiger partial charge on any atom is -0.352 e. The van der Waals surface area contributed by atoms with Crippen LogP contribution in [0.5, 0.6) is 0 Å². The molecule has 1 aromatic carbocycles. The zero-order chi connectivity index (χ0) is 15.3. The first-order chi connectivity index (χ1) is 10.0. The van der Waals surface area contributed by atoms with Crippen LogP contribution >= 0.6 is 0 Å². The van der Waals surface area contributed by atoms with Gasteiger partial charge in [0, 0.05) is 23.2 Å². The van der Waals surface area contributed by atoms with Crippen molar-refractivity contribution in [2.24, 2.45) is 5.41 Å². The minimum absolute atomic E-state index is 0.0250. The van der Waals surface area contributed by atoms with Crippen LogP contribution in [0, 0.1) is 5.41 Å². The molecule has 0 aliphatic carbocycles. The van der Waals surface area contributed by atoms with Gasteiger partial charge in [-0.1, -0.05) is 13.0 Å². The molecule has 1 aliphatic rings. The van der Waals surface area contributed by atoms with Gasteiger partial charge in [-0.25, -0.2) is 0 Å². The van der Waals surface area contributed by atoms with Crippen LogP contribution in [0.25, 0.3) is 0 Å². The second kappa shape index (κ2) is 6.72. The van der Waals surface area contributed by atoms with Crippen LogP contribution in [0.2, 0.25) is 0 Å². The molecule has 3 N–H and O–H groups in total. The second-order valence-electron chi connectivity index (χ2n) is 5.71. The van der Waals surface area contributed by atoms with Crippen molar-refractivity contribution in [3.8, 4) is 0 Å². The highest BCUT2D eigenvalue weighted by molar-refractivity contribution is 5.98. The van der Waals surface area contributed by atoms with Crippen molar-refractivity contribution in [3.05, 3.63) is 29.8 Å². The van der Waals surface area contributed by atoms with Crippen molar-refractivity contribution < 1.29 is 9.59 Å². The molecule has 2 rings (SSSR count). The average Bonchev–Trinajstić information content (AvgIpc) is 2.48. The lowest BCUT2D eigenvalue weighted by Gasteiger charge is -2.32. The Bertz CT molecular complexity index is 522. The quantitative estimate of drug-likeness (QED) is 0.791. The van der Waals surface area contributed by atoms with E-state index in [0.717, 1.165) is 25.9 Å². The third-order valence-corrected chi connectivity index (χ3v) is 3.98. The van der Waals surface area contributed by atoms with Gasteiger partial charge in [0.05, 0.1) is 0 Å². The van der Waals surface area contributed by atoms with Crippen molar-refractivity contribution >= 4 is 17.5 Å². The predicted molar refractivity (Wildman–Crippen MR) is 83.3 cm³/mol. The van der Waals surface area contributed by atoms with Crippen molar-refractivity contribution in [2.45, 2.75) is 26.7 Å². The van der Waals surface area contributed by atoms with E-state index in [9.17, 15) is 9.59 Å². The molecule has 0 atom stereocenters. The van der Waals surface area contributed by atoms with Gasteiger partial charge in [-0.05, 0) is 51.1 Å². The molecular formula is C16H23N3O2. The smallest absolute Gasteiger partial charge is 0.251 e. The molecular weight excluding hydrogens is 266 g/mol. The SMILES string of the molecule is CCNC(=O)c1cccc(NC(=O)C2(C)CCNCC2)c1. The third kappa shape index (κ3) is 3.82. The topological polar surface area (TPSA) is 70.2 Å². The first-order valence-corrected chi connectivity index (χ1v) is 7.45. The fraction of sp³-hybridized carbons (Fsp3) is 0.500. The zero-order valence-electron chi connectivity index (χ0n) is 12.7. The van der Waals surface area contributed by atoms with Gasteiger partial charge in [0.15, 0.2) is 0 Å². The molecule has 1 heterocycles. The fourth-order valence-electron chi connectivity index (χ4n) is 2.49. The molecule has 0 bridgehead atoms. The zero-order valence-corrected chi connectivity index (χ0v) is 12.7. The second-order valence-corrected chi connectivity index (χ2v) is 5.71. The molecule has 1 aromatic rings. The maximum absolute atomic E-state index is 12.5. The van der Waals surface area contributed by atoms with E-state index in [2.05, 4.69) is 16.0 Å². The maximum Gasteiger partial charge on any atom is 0.251 e. The largest absolute Gasteiger partial charge is 0.352 e. The van der Waals surface area contributed by atoms with Gasteiger partial charge in [-0.3, -0.25) is 9.59 Å². The number of anilines is 1. The van der Waals surface area contributed by atoms with Crippen LogP contribution in [0.1, 0.15) is 37.0 Å². The highest BCUT2D eigenvalue weighted by Gasteiger charge is 2.34. The van der Waals surface area contributed by atoms with Crippen LogP contribution < -0.4 is 16.0 Å². The number of carbonyl (C=O) groups excluding carboxylic acids is 2. The molecule has 0 spiro atoms. The summed E-state index contributed by atoms with van der Waals surface area (Å²) >= 11 is 0. The van der Waals surface area contributed by atoms with Crippen molar-refractivity contribution in [2.75, 3.05) is 25.0 Å². The summed E-state index contributed by atoms with van der Waals surface area (Å²) in [5.41, 5.74) is 0.890. The molecule has 5 heteroatoms. The number of amides is 2. The molecule has 0 aromatic heterocycles. The number of hydrogen-bond acceptors (Lipinski definition) is 3. The number of benzene rings is 1. The Morgan fingerprint density at radius 1 is 1.29 bits per heavy atom. The van der Waals surface area contributed by atoms with Crippen LogP contribution in [0.15, 0.2) is 24.3 Å². The molecule has 2 amide bonds. The van der Waals surface area contributed by atoms with Crippen LogP contribution in [0.3, 0.4) is 0 Å². The number of hydrogen-bond donors (Lipinski definition) is 3. The summed E-state index contributed by atoms with van der Waals surface area (Å²) in [5.74, 6) is -0.0984. The number of nitrogens with one attached hydrogen (secondary N) is 3. The Labute approximate surface area is 125 Å². The first-order valence-electron chi connectivity index (χ1n) is 7.45. The molecule has 0 unspecified atom stereocenters. The van der Waals surface area contributed by atoms with E-state index in [1.165, 1.54) is 0 Å². The highest BCUT2D eigenvalue weighted by atomic mass is 16.2. The number of rotatable bonds is 4. The summed E-state index contributed by atoms with van der Waals surface area (Å²) < 4.78 is 0. The first kappa shape index (κ1) is 15.5. The van der Waals surface area contributed by atoms with Gasteiger partial charge in [0.1, 0.15) is 0 Å². The molecule has 1 aliphatic heterocycles. The van der Waals surface area contributed by atoms with E-state index in [1.54, 1.807) is 18.2 Å². The normalized spacial score (nSPS) is 17.0. The van der Waals surface area contributed by atoms with Gasteiger partial charge in [-0.15, -0.1) is 0 Å². The lowest BCUT2D eigenvalue weighted by atomic mass is 9.80. The number of carbonyl (C=O) groups is 2. The summed E-state index contributed by atoms with van der Waals surface area (Å²) in [6.45, 7) is 6.19. The minimum atomic E-state index is -0.340. The van der Waals surface area contributed by atoms with Crippen molar-refractivity contribution in [3.63, 3.8) is 0 Å². The Hall–Kier alpha value is -1.88. The molecule has 1 saturated heterocycles. The van der Waals surface area contributed by atoms with Crippen LogP contribution in [-0.4, -0.2) is 31.4 Å².